The van der Waals surface area contributed by atoms with E-state index in [1.54, 1.807) is 0 Å². The van der Waals surface area contributed by atoms with Gasteiger partial charge in [0, 0.05) is 26.2 Å². The number of hydrogen-bond acceptors (Lipinski definition) is 4. The maximum Gasteiger partial charge on any atom is 0.263 e. The molecule has 1 atom stereocenters. The predicted octanol–water partition coefficient (Wildman–Crippen LogP) is 4.50. The van der Waals surface area contributed by atoms with Gasteiger partial charge in [-0.3, -0.25) is 4.79 Å². The van der Waals surface area contributed by atoms with Crippen molar-refractivity contribution in [3.63, 3.8) is 0 Å². The summed E-state index contributed by atoms with van der Waals surface area (Å²) < 4.78 is 11.7. The molecule has 0 saturated carbocycles. The van der Waals surface area contributed by atoms with Gasteiger partial charge in [-0.2, -0.15) is 0 Å². The second-order valence-electron chi connectivity index (χ2n) is 8.75. The van der Waals surface area contributed by atoms with Gasteiger partial charge in [0.15, 0.2) is 6.10 Å². The standard InChI is InChI=1S/C25H34N2O3/c1-6-29-23-10-8-7-9-22(23)26-15-17-27(18-16-26)24(28)19(2)30-21-13-11-20(12-14-21)25(3,4)5/h7-14,19H,6,15-18H2,1-5H3/t19-/m1/s1. The highest BCUT2D eigenvalue weighted by Gasteiger charge is 2.27. The number of nitrogens with zero attached hydrogens (tertiary/aromatic N) is 2. The maximum atomic E-state index is 12.9. The lowest BCUT2D eigenvalue weighted by Crippen LogP contribution is -2.52. The van der Waals surface area contributed by atoms with E-state index in [0.29, 0.717) is 19.7 Å². The molecule has 5 heteroatoms. The van der Waals surface area contributed by atoms with Crippen LogP contribution in [0.2, 0.25) is 0 Å². The lowest BCUT2D eigenvalue weighted by molar-refractivity contribution is -0.138. The summed E-state index contributed by atoms with van der Waals surface area (Å²) in [7, 11) is 0. The highest BCUT2D eigenvalue weighted by Crippen LogP contribution is 2.29. The molecule has 0 N–H and O–H groups in total. The molecule has 0 spiro atoms. The molecular formula is C25H34N2O3. The van der Waals surface area contributed by atoms with Crippen LogP contribution in [-0.4, -0.2) is 49.7 Å². The Morgan fingerprint density at radius 3 is 2.23 bits per heavy atom. The zero-order valence-electron chi connectivity index (χ0n) is 18.9. The molecule has 162 valence electrons. The molecule has 1 aliphatic rings. The minimum atomic E-state index is -0.507. The Morgan fingerprint density at radius 1 is 1.00 bits per heavy atom. The third kappa shape index (κ3) is 5.26. The van der Waals surface area contributed by atoms with Gasteiger partial charge in [0.1, 0.15) is 11.5 Å². The highest BCUT2D eigenvalue weighted by atomic mass is 16.5. The smallest absolute Gasteiger partial charge is 0.263 e. The van der Waals surface area contributed by atoms with Gasteiger partial charge in [0.2, 0.25) is 0 Å². The first kappa shape index (κ1) is 22.0. The van der Waals surface area contributed by atoms with Crippen molar-refractivity contribution >= 4 is 11.6 Å². The fourth-order valence-electron chi connectivity index (χ4n) is 3.71. The third-order valence-electron chi connectivity index (χ3n) is 5.48. The van der Waals surface area contributed by atoms with Crippen LogP contribution in [0.15, 0.2) is 48.5 Å². The topological polar surface area (TPSA) is 42.0 Å². The summed E-state index contributed by atoms with van der Waals surface area (Å²) in [5, 5.41) is 0. The number of para-hydroxylation sites is 2. The number of anilines is 1. The van der Waals surface area contributed by atoms with E-state index in [2.05, 4.69) is 43.9 Å². The third-order valence-corrected chi connectivity index (χ3v) is 5.48. The molecule has 3 rings (SSSR count). The molecule has 30 heavy (non-hydrogen) atoms. The normalized spacial score (nSPS) is 15.6. The van der Waals surface area contributed by atoms with Crippen molar-refractivity contribution < 1.29 is 14.3 Å². The van der Waals surface area contributed by atoms with E-state index in [1.165, 1.54) is 5.56 Å². The molecule has 0 aromatic heterocycles. The van der Waals surface area contributed by atoms with Crippen molar-refractivity contribution in [1.29, 1.82) is 0 Å². The van der Waals surface area contributed by atoms with E-state index in [-0.39, 0.29) is 11.3 Å². The Balaban J connectivity index is 1.56. The molecule has 5 nitrogen and oxygen atoms in total. The Bertz CT molecular complexity index is 834. The number of carbonyl (C=O) groups excluding carboxylic acids is 1. The molecule has 2 aromatic rings. The summed E-state index contributed by atoms with van der Waals surface area (Å²) in [5.74, 6) is 1.66. The molecular weight excluding hydrogens is 376 g/mol. The monoisotopic (exact) mass is 410 g/mol. The van der Waals surface area contributed by atoms with Crippen molar-refractivity contribution in [3.05, 3.63) is 54.1 Å². The summed E-state index contributed by atoms with van der Waals surface area (Å²) in [6.45, 7) is 13.9. The van der Waals surface area contributed by atoms with Gasteiger partial charge in [-0.25, -0.2) is 0 Å². The molecule has 2 aromatic carbocycles. The summed E-state index contributed by atoms with van der Waals surface area (Å²) in [6, 6.07) is 16.1. The minimum absolute atomic E-state index is 0.0349. The minimum Gasteiger partial charge on any atom is -0.492 e. The molecule has 1 aliphatic heterocycles. The molecule has 1 amide bonds. The summed E-state index contributed by atoms with van der Waals surface area (Å²) in [5.41, 5.74) is 2.44. The Morgan fingerprint density at radius 2 is 1.63 bits per heavy atom. The molecule has 1 heterocycles. The van der Waals surface area contributed by atoms with Crippen LogP contribution in [0, 0.1) is 0 Å². The van der Waals surface area contributed by atoms with Crippen LogP contribution in [0.3, 0.4) is 0 Å². The van der Waals surface area contributed by atoms with E-state index >= 15 is 0 Å². The van der Waals surface area contributed by atoms with Gasteiger partial charge >= 0.3 is 0 Å². The van der Waals surface area contributed by atoms with Crippen molar-refractivity contribution in [2.24, 2.45) is 0 Å². The van der Waals surface area contributed by atoms with Crippen molar-refractivity contribution in [2.45, 2.75) is 46.1 Å². The van der Waals surface area contributed by atoms with E-state index in [4.69, 9.17) is 9.47 Å². The molecule has 1 saturated heterocycles. The fourth-order valence-corrected chi connectivity index (χ4v) is 3.71. The van der Waals surface area contributed by atoms with Crippen LogP contribution in [0.1, 0.15) is 40.2 Å². The number of ether oxygens (including phenoxy) is 2. The number of hydrogen-bond donors (Lipinski definition) is 0. The predicted molar refractivity (Wildman–Crippen MR) is 122 cm³/mol. The zero-order valence-corrected chi connectivity index (χ0v) is 18.9. The van der Waals surface area contributed by atoms with Crippen molar-refractivity contribution in [3.8, 4) is 11.5 Å². The van der Waals surface area contributed by atoms with Crippen LogP contribution in [0.5, 0.6) is 11.5 Å². The van der Waals surface area contributed by atoms with Crippen molar-refractivity contribution in [1.82, 2.24) is 4.90 Å². The average molecular weight is 411 g/mol. The summed E-state index contributed by atoms with van der Waals surface area (Å²) >= 11 is 0. The Kier molecular flexibility index (Phi) is 6.91. The van der Waals surface area contributed by atoms with E-state index in [1.807, 2.05) is 49.1 Å². The first-order valence-corrected chi connectivity index (χ1v) is 10.8. The number of rotatable bonds is 6. The highest BCUT2D eigenvalue weighted by molar-refractivity contribution is 5.81. The average Bonchev–Trinajstić information content (AvgIpc) is 2.74. The van der Waals surface area contributed by atoms with Gasteiger partial charge < -0.3 is 19.3 Å². The number of carbonyl (C=O) groups is 1. The first-order chi connectivity index (χ1) is 14.3. The van der Waals surface area contributed by atoms with Crippen LogP contribution in [0.25, 0.3) is 0 Å². The second kappa shape index (κ2) is 9.41. The van der Waals surface area contributed by atoms with Gasteiger partial charge in [0.05, 0.1) is 12.3 Å². The number of amides is 1. The SMILES string of the molecule is CCOc1ccccc1N1CCN(C(=O)[C@@H](C)Oc2ccc(C(C)(C)C)cc2)CC1. The molecule has 0 unspecified atom stereocenters. The maximum absolute atomic E-state index is 12.9. The summed E-state index contributed by atoms with van der Waals surface area (Å²) in [6.07, 6.45) is -0.507. The van der Waals surface area contributed by atoms with E-state index < -0.39 is 6.10 Å². The Labute approximate surface area is 180 Å². The molecule has 0 aliphatic carbocycles. The van der Waals surface area contributed by atoms with Gasteiger partial charge in [-0.05, 0) is 49.1 Å². The number of benzene rings is 2. The van der Waals surface area contributed by atoms with Gasteiger partial charge in [-0.15, -0.1) is 0 Å². The van der Waals surface area contributed by atoms with E-state index in [9.17, 15) is 4.79 Å². The zero-order chi connectivity index (χ0) is 21.7. The number of piperazine rings is 1. The largest absolute Gasteiger partial charge is 0.492 e. The lowest BCUT2D eigenvalue weighted by Gasteiger charge is -2.37. The molecule has 1 fully saturated rings. The quantitative estimate of drug-likeness (QED) is 0.703. The fraction of sp³-hybridized carbons (Fsp3) is 0.480. The molecule has 0 radical (unpaired) electrons. The van der Waals surface area contributed by atoms with E-state index in [0.717, 1.165) is 30.3 Å². The van der Waals surface area contributed by atoms with Gasteiger partial charge in [-0.1, -0.05) is 45.0 Å². The van der Waals surface area contributed by atoms with Gasteiger partial charge in [0.25, 0.3) is 5.91 Å². The van der Waals surface area contributed by atoms with Crippen LogP contribution in [0.4, 0.5) is 5.69 Å². The first-order valence-electron chi connectivity index (χ1n) is 10.8. The van der Waals surface area contributed by atoms with Crippen LogP contribution >= 0.6 is 0 Å². The Hall–Kier alpha value is -2.69. The molecule has 0 bridgehead atoms. The second-order valence-corrected chi connectivity index (χ2v) is 8.75. The van der Waals surface area contributed by atoms with Crippen LogP contribution in [-0.2, 0) is 10.2 Å². The van der Waals surface area contributed by atoms with Crippen LogP contribution < -0.4 is 14.4 Å². The summed E-state index contributed by atoms with van der Waals surface area (Å²) in [4.78, 5) is 17.1. The van der Waals surface area contributed by atoms with Crippen molar-refractivity contribution in [2.75, 3.05) is 37.7 Å². The lowest BCUT2D eigenvalue weighted by atomic mass is 9.87.